The Morgan fingerprint density at radius 2 is 1.91 bits per heavy atom. The molecule has 0 radical (unpaired) electrons. The molecule has 0 aromatic carbocycles. The molecule has 1 heterocycles. The minimum atomic E-state index is -0.654. The Hall–Kier alpha value is -1.99. The van der Waals surface area contributed by atoms with Gasteiger partial charge in [0.05, 0.1) is 13.7 Å². The maximum atomic E-state index is 12.7. The number of nitrogens with one attached hydrogen (secondary N) is 1. The first-order valence-electron chi connectivity index (χ1n) is 7.88. The van der Waals surface area contributed by atoms with Crippen LogP contribution in [0.4, 0.5) is 9.59 Å². The Bertz CT molecular complexity index is 441. The number of carbonyl (C=O) groups excluding carboxylic acids is 3. The molecule has 0 unspecified atom stereocenters. The number of amides is 3. The molecule has 8 heteroatoms. The zero-order valence-electron chi connectivity index (χ0n) is 14.5. The fourth-order valence-corrected chi connectivity index (χ4v) is 2.54. The molecule has 1 saturated heterocycles. The van der Waals surface area contributed by atoms with Gasteiger partial charge in [-0.3, -0.25) is 4.79 Å². The van der Waals surface area contributed by atoms with E-state index in [4.69, 9.17) is 4.74 Å². The third-order valence-corrected chi connectivity index (χ3v) is 3.83. The van der Waals surface area contributed by atoms with E-state index in [1.54, 1.807) is 16.7 Å². The van der Waals surface area contributed by atoms with Gasteiger partial charge in [-0.1, -0.05) is 13.8 Å². The van der Waals surface area contributed by atoms with Gasteiger partial charge in [0.2, 0.25) is 5.91 Å². The zero-order chi connectivity index (χ0) is 17.6. The topological polar surface area (TPSA) is 88.2 Å². The van der Waals surface area contributed by atoms with E-state index >= 15 is 0 Å². The summed E-state index contributed by atoms with van der Waals surface area (Å²) >= 11 is 0. The molecule has 0 aromatic heterocycles. The highest BCUT2D eigenvalue weighted by Crippen LogP contribution is 2.15. The van der Waals surface area contributed by atoms with Crippen LogP contribution in [-0.2, 0) is 14.3 Å². The Labute approximate surface area is 137 Å². The summed E-state index contributed by atoms with van der Waals surface area (Å²) in [4.78, 5) is 39.2. The predicted molar refractivity (Wildman–Crippen MR) is 83.9 cm³/mol. The van der Waals surface area contributed by atoms with Crippen LogP contribution in [0, 0.1) is 5.92 Å². The number of methoxy groups -OCH3 is 1. The van der Waals surface area contributed by atoms with Crippen molar-refractivity contribution in [1.82, 2.24) is 15.1 Å². The lowest BCUT2D eigenvalue weighted by molar-refractivity contribution is -0.138. The van der Waals surface area contributed by atoms with Crippen LogP contribution in [0.5, 0.6) is 0 Å². The van der Waals surface area contributed by atoms with Crippen molar-refractivity contribution in [3.63, 3.8) is 0 Å². The zero-order valence-corrected chi connectivity index (χ0v) is 14.5. The second kappa shape index (κ2) is 8.59. The van der Waals surface area contributed by atoms with Crippen molar-refractivity contribution in [2.75, 3.05) is 33.4 Å². The van der Waals surface area contributed by atoms with Crippen LogP contribution in [0.3, 0.4) is 0 Å². The van der Waals surface area contributed by atoms with Gasteiger partial charge in [0.15, 0.2) is 0 Å². The van der Waals surface area contributed by atoms with E-state index in [0.29, 0.717) is 26.2 Å². The van der Waals surface area contributed by atoms with Gasteiger partial charge in [-0.15, -0.1) is 0 Å². The first-order valence-corrected chi connectivity index (χ1v) is 7.88. The van der Waals surface area contributed by atoms with Gasteiger partial charge in [-0.05, 0) is 19.8 Å². The highest BCUT2D eigenvalue weighted by Gasteiger charge is 2.35. The molecular weight excluding hydrogens is 302 g/mol. The molecule has 0 bridgehead atoms. The van der Waals surface area contributed by atoms with Crippen molar-refractivity contribution in [3.05, 3.63) is 0 Å². The van der Waals surface area contributed by atoms with Gasteiger partial charge in [0, 0.05) is 25.7 Å². The molecule has 3 amide bonds. The summed E-state index contributed by atoms with van der Waals surface area (Å²) < 4.78 is 9.57. The summed E-state index contributed by atoms with van der Waals surface area (Å²) in [7, 11) is 1.26. The molecule has 0 aliphatic carbocycles. The van der Waals surface area contributed by atoms with Crippen LogP contribution < -0.4 is 5.32 Å². The highest BCUT2D eigenvalue weighted by atomic mass is 16.6. The fraction of sp³-hybridized carbons (Fsp3) is 0.800. The average Bonchev–Trinajstić information content (AvgIpc) is 2.51. The van der Waals surface area contributed by atoms with E-state index in [9.17, 15) is 14.4 Å². The quantitative estimate of drug-likeness (QED) is 0.833. The molecule has 0 aromatic rings. The number of ether oxygens (including phenoxy) is 2. The van der Waals surface area contributed by atoms with E-state index in [-0.39, 0.29) is 24.0 Å². The van der Waals surface area contributed by atoms with E-state index < -0.39 is 12.1 Å². The molecule has 0 saturated carbocycles. The van der Waals surface area contributed by atoms with Crippen molar-refractivity contribution in [3.8, 4) is 0 Å². The first-order chi connectivity index (χ1) is 10.8. The molecule has 1 N–H and O–H groups in total. The number of piperazine rings is 1. The summed E-state index contributed by atoms with van der Waals surface area (Å²) in [5.41, 5.74) is 0. The van der Waals surface area contributed by atoms with Crippen molar-refractivity contribution in [1.29, 1.82) is 0 Å². The summed E-state index contributed by atoms with van der Waals surface area (Å²) in [6, 6.07) is -0.805. The lowest BCUT2D eigenvalue weighted by Gasteiger charge is -2.41. The smallest absolute Gasteiger partial charge is 0.409 e. The van der Waals surface area contributed by atoms with Crippen LogP contribution in [0.15, 0.2) is 0 Å². The molecule has 1 aliphatic heterocycles. The third kappa shape index (κ3) is 5.01. The number of rotatable bonds is 4. The SMILES string of the molecule is CCOC(=O)N1CCN(C(=O)[C@@H](NC(=O)OC)C(C)C)[C@@H](C)C1. The van der Waals surface area contributed by atoms with E-state index in [1.807, 2.05) is 20.8 Å². The lowest BCUT2D eigenvalue weighted by Crippen LogP contribution is -2.60. The number of hydrogen-bond donors (Lipinski definition) is 1. The Morgan fingerprint density at radius 3 is 2.39 bits per heavy atom. The minimum Gasteiger partial charge on any atom is -0.453 e. The monoisotopic (exact) mass is 329 g/mol. The van der Waals surface area contributed by atoms with E-state index in [2.05, 4.69) is 10.1 Å². The number of nitrogens with zero attached hydrogens (tertiary/aromatic N) is 2. The molecule has 1 rings (SSSR count). The largest absolute Gasteiger partial charge is 0.453 e. The predicted octanol–water partition coefficient (Wildman–Crippen LogP) is 1.06. The molecule has 0 spiro atoms. The van der Waals surface area contributed by atoms with Gasteiger partial charge in [0.1, 0.15) is 6.04 Å². The van der Waals surface area contributed by atoms with E-state index in [1.165, 1.54) is 7.11 Å². The fourth-order valence-electron chi connectivity index (χ4n) is 2.54. The second-order valence-electron chi connectivity index (χ2n) is 5.88. The second-order valence-corrected chi connectivity index (χ2v) is 5.88. The average molecular weight is 329 g/mol. The molecule has 8 nitrogen and oxygen atoms in total. The maximum Gasteiger partial charge on any atom is 0.409 e. The summed E-state index contributed by atoms with van der Waals surface area (Å²) in [6.07, 6.45) is -0.991. The van der Waals surface area contributed by atoms with Gasteiger partial charge in [0.25, 0.3) is 0 Å². The standard InChI is InChI=1S/C15H27N3O5/c1-6-23-15(21)17-7-8-18(11(4)9-17)13(19)12(10(2)3)16-14(20)22-5/h10-12H,6-9H2,1-5H3,(H,16,20)/t11-,12-/m0/s1. The van der Waals surface area contributed by atoms with Gasteiger partial charge in [-0.2, -0.15) is 0 Å². The maximum absolute atomic E-state index is 12.7. The molecule has 1 aliphatic rings. The lowest BCUT2D eigenvalue weighted by atomic mass is 10.0. The number of hydrogen-bond acceptors (Lipinski definition) is 5. The minimum absolute atomic E-state index is 0.0723. The summed E-state index contributed by atoms with van der Waals surface area (Å²) in [5, 5.41) is 2.58. The van der Waals surface area contributed by atoms with Crippen LogP contribution in [0.2, 0.25) is 0 Å². The molecule has 2 atom stereocenters. The first kappa shape index (κ1) is 19.1. The van der Waals surface area contributed by atoms with Gasteiger partial charge >= 0.3 is 12.2 Å². The van der Waals surface area contributed by atoms with Crippen molar-refractivity contribution in [2.45, 2.75) is 39.8 Å². The van der Waals surface area contributed by atoms with Gasteiger partial charge in [-0.25, -0.2) is 9.59 Å². The molecule has 1 fully saturated rings. The third-order valence-electron chi connectivity index (χ3n) is 3.83. The highest BCUT2D eigenvalue weighted by molar-refractivity contribution is 5.86. The summed E-state index contributed by atoms with van der Waals surface area (Å²) in [6.45, 7) is 8.91. The van der Waals surface area contributed by atoms with E-state index in [0.717, 1.165) is 0 Å². The van der Waals surface area contributed by atoms with Crippen LogP contribution in [0.25, 0.3) is 0 Å². The van der Waals surface area contributed by atoms with Crippen LogP contribution in [-0.4, -0.2) is 73.3 Å². The molecule has 23 heavy (non-hydrogen) atoms. The molecule has 132 valence electrons. The summed E-state index contributed by atoms with van der Waals surface area (Å²) in [5.74, 6) is -0.238. The van der Waals surface area contributed by atoms with Crippen LogP contribution >= 0.6 is 0 Å². The Balaban J connectivity index is 2.72. The Morgan fingerprint density at radius 1 is 1.26 bits per heavy atom. The van der Waals surface area contributed by atoms with Crippen LogP contribution in [0.1, 0.15) is 27.7 Å². The van der Waals surface area contributed by atoms with Crippen molar-refractivity contribution in [2.24, 2.45) is 5.92 Å². The Kier molecular flexibility index (Phi) is 7.12. The van der Waals surface area contributed by atoms with Crippen molar-refractivity contribution >= 4 is 18.1 Å². The molecular formula is C15H27N3O5. The number of carbonyl (C=O) groups is 3. The van der Waals surface area contributed by atoms with Gasteiger partial charge < -0.3 is 24.6 Å². The van der Waals surface area contributed by atoms with Crippen molar-refractivity contribution < 1.29 is 23.9 Å². The number of alkyl carbamates (subject to hydrolysis) is 1. The normalized spacial score (nSPS) is 19.3.